The van der Waals surface area contributed by atoms with E-state index in [-0.39, 0.29) is 12.6 Å². The molecule has 6 heteroatoms. The minimum Gasteiger partial charge on any atom is -0.445 e. The minimum absolute atomic E-state index is 0.0733. The van der Waals surface area contributed by atoms with Crippen molar-refractivity contribution in [1.29, 1.82) is 0 Å². The minimum atomic E-state index is -0.417. The molecule has 0 saturated carbocycles. The van der Waals surface area contributed by atoms with Gasteiger partial charge in [0.25, 0.3) is 0 Å². The van der Waals surface area contributed by atoms with E-state index in [1.54, 1.807) is 0 Å². The van der Waals surface area contributed by atoms with Gasteiger partial charge in [0, 0.05) is 25.8 Å². The molecular formula is C37H59N3O3. The smallest absolute Gasteiger partial charge is 0.407 e. The average Bonchev–Trinajstić information content (AvgIpc) is 3.04. The molecule has 0 bridgehead atoms. The number of alkyl carbamates (subject to hydrolysis) is 1. The van der Waals surface area contributed by atoms with Crippen molar-refractivity contribution in [3.8, 4) is 0 Å². The molecule has 0 heterocycles. The van der Waals surface area contributed by atoms with Crippen LogP contribution in [0.4, 0.5) is 10.5 Å². The Bertz CT molecular complexity index is 969. The lowest BCUT2D eigenvalue weighted by molar-refractivity contribution is -0.110. The van der Waals surface area contributed by atoms with Gasteiger partial charge in [-0.05, 0) is 36.1 Å². The average molecular weight is 594 g/mol. The van der Waals surface area contributed by atoms with Crippen molar-refractivity contribution in [2.75, 3.05) is 25.0 Å². The van der Waals surface area contributed by atoms with Crippen LogP contribution in [-0.2, 0) is 16.1 Å². The Hall–Kier alpha value is -3.02. The highest BCUT2D eigenvalue weighted by molar-refractivity contribution is 5.67. The number of rotatable bonds is 26. The van der Waals surface area contributed by atoms with Crippen LogP contribution in [0.1, 0.15) is 133 Å². The number of benzene rings is 2. The monoisotopic (exact) mass is 593 g/mol. The van der Waals surface area contributed by atoms with Crippen LogP contribution in [0.3, 0.4) is 0 Å². The van der Waals surface area contributed by atoms with E-state index in [0.717, 1.165) is 49.0 Å². The van der Waals surface area contributed by atoms with Gasteiger partial charge < -0.3 is 20.3 Å². The molecule has 0 aliphatic rings. The highest BCUT2D eigenvalue weighted by Gasteiger charge is 2.15. The van der Waals surface area contributed by atoms with Gasteiger partial charge in [-0.15, -0.1) is 0 Å². The largest absolute Gasteiger partial charge is 0.445 e. The van der Waals surface area contributed by atoms with Gasteiger partial charge in [-0.2, -0.15) is 0 Å². The van der Waals surface area contributed by atoms with Crippen molar-refractivity contribution in [1.82, 2.24) is 10.6 Å². The van der Waals surface area contributed by atoms with Crippen molar-refractivity contribution in [3.05, 3.63) is 65.7 Å². The lowest BCUT2D eigenvalue weighted by Crippen LogP contribution is -2.29. The summed E-state index contributed by atoms with van der Waals surface area (Å²) in [6.45, 7) is 3.85. The van der Waals surface area contributed by atoms with E-state index in [9.17, 15) is 9.59 Å². The third kappa shape index (κ3) is 17.0. The first kappa shape index (κ1) is 36.2. The SMILES string of the molecule is CCCCCCCCCCCCCCCCCC(NC=O)c1ccccc1COC(=O)NCCCN(C)c1ccccc1. The highest BCUT2D eigenvalue weighted by atomic mass is 16.5. The Morgan fingerprint density at radius 2 is 1.33 bits per heavy atom. The number of amides is 2. The summed E-state index contributed by atoms with van der Waals surface area (Å²) in [5.74, 6) is 0. The molecule has 2 amide bonds. The second kappa shape index (κ2) is 24.4. The fourth-order valence-corrected chi connectivity index (χ4v) is 5.65. The van der Waals surface area contributed by atoms with E-state index in [2.05, 4.69) is 34.6 Å². The summed E-state index contributed by atoms with van der Waals surface area (Å²) in [4.78, 5) is 25.9. The summed E-state index contributed by atoms with van der Waals surface area (Å²) in [7, 11) is 2.05. The van der Waals surface area contributed by atoms with Gasteiger partial charge in [0.05, 0.1) is 6.04 Å². The number of ether oxygens (including phenoxy) is 1. The first-order valence-corrected chi connectivity index (χ1v) is 17.1. The van der Waals surface area contributed by atoms with Crippen LogP contribution in [0.15, 0.2) is 54.6 Å². The summed E-state index contributed by atoms with van der Waals surface area (Å²) in [5.41, 5.74) is 3.11. The lowest BCUT2D eigenvalue weighted by Gasteiger charge is -2.20. The van der Waals surface area contributed by atoms with Gasteiger partial charge in [-0.25, -0.2) is 4.79 Å². The molecule has 1 unspecified atom stereocenters. The van der Waals surface area contributed by atoms with E-state index >= 15 is 0 Å². The van der Waals surface area contributed by atoms with Crippen LogP contribution in [0.5, 0.6) is 0 Å². The number of hydrogen-bond donors (Lipinski definition) is 2. The van der Waals surface area contributed by atoms with Gasteiger partial charge in [0.15, 0.2) is 0 Å². The van der Waals surface area contributed by atoms with Gasteiger partial charge in [-0.1, -0.05) is 146 Å². The molecule has 2 N–H and O–H groups in total. The number of nitrogens with one attached hydrogen (secondary N) is 2. The van der Waals surface area contributed by atoms with E-state index in [1.165, 1.54) is 89.9 Å². The van der Waals surface area contributed by atoms with Crippen LogP contribution < -0.4 is 15.5 Å². The maximum absolute atomic E-state index is 12.3. The number of unbranched alkanes of at least 4 members (excludes halogenated alkanes) is 14. The van der Waals surface area contributed by atoms with Gasteiger partial charge in [0.2, 0.25) is 6.41 Å². The number of carbonyl (C=O) groups is 2. The van der Waals surface area contributed by atoms with Crippen molar-refractivity contribution in [2.24, 2.45) is 0 Å². The molecule has 0 aliphatic heterocycles. The van der Waals surface area contributed by atoms with Crippen molar-refractivity contribution in [2.45, 2.75) is 129 Å². The maximum atomic E-state index is 12.3. The van der Waals surface area contributed by atoms with Crippen LogP contribution >= 0.6 is 0 Å². The van der Waals surface area contributed by atoms with Crippen LogP contribution in [0.2, 0.25) is 0 Å². The third-order valence-electron chi connectivity index (χ3n) is 8.29. The first-order chi connectivity index (χ1) is 21.2. The number of nitrogens with zero attached hydrogens (tertiary/aromatic N) is 1. The Morgan fingerprint density at radius 3 is 1.93 bits per heavy atom. The van der Waals surface area contributed by atoms with Crippen molar-refractivity contribution >= 4 is 18.2 Å². The second-order valence-corrected chi connectivity index (χ2v) is 11.9. The zero-order valence-electron chi connectivity index (χ0n) is 27.2. The summed E-state index contributed by atoms with van der Waals surface area (Å²) in [5, 5.41) is 5.86. The maximum Gasteiger partial charge on any atom is 0.407 e. The quantitative estimate of drug-likeness (QED) is 0.0842. The molecule has 0 radical (unpaired) electrons. The molecule has 0 aromatic heterocycles. The zero-order chi connectivity index (χ0) is 30.8. The predicted molar refractivity (Wildman–Crippen MR) is 180 cm³/mol. The number of hydrogen-bond acceptors (Lipinski definition) is 4. The lowest BCUT2D eigenvalue weighted by atomic mass is 9.95. The topological polar surface area (TPSA) is 70.7 Å². The summed E-state index contributed by atoms with van der Waals surface area (Å²) < 4.78 is 5.54. The Morgan fingerprint density at radius 1 is 0.767 bits per heavy atom. The van der Waals surface area contributed by atoms with E-state index in [0.29, 0.717) is 6.54 Å². The molecule has 0 fully saturated rings. The Kier molecular flexibility index (Phi) is 20.5. The van der Waals surface area contributed by atoms with E-state index < -0.39 is 6.09 Å². The molecule has 2 rings (SSSR count). The summed E-state index contributed by atoms with van der Waals surface area (Å²) in [6, 6.07) is 18.1. The Balaban J connectivity index is 1.59. The standard InChI is InChI=1S/C37H59N3O3/c1-3-4-5-6-7-8-9-10-11-12-13-14-15-16-20-28-36(39-32-41)35-27-22-21-24-33(35)31-43-37(42)38-29-23-30-40(2)34-25-18-17-19-26-34/h17-19,21-22,24-27,32,36H,3-16,20,23,28-31H2,1-2H3,(H,38,42)(H,39,41). The first-order valence-electron chi connectivity index (χ1n) is 17.1. The van der Waals surface area contributed by atoms with Crippen molar-refractivity contribution in [3.63, 3.8) is 0 Å². The normalized spacial score (nSPS) is 11.6. The van der Waals surface area contributed by atoms with E-state index in [1.807, 2.05) is 49.5 Å². The second-order valence-electron chi connectivity index (χ2n) is 11.9. The summed E-state index contributed by atoms with van der Waals surface area (Å²) in [6.07, 6.45) is 22.1. The molecule has 2 aromatic carbocycles. The number of anilines is 1. The molecule has 2 aromatic rings. The van der Waals surface area contributed by atoms with Gasteiger partial charge in [-0.3, -0.25) is 4.79 Å². The van der Waals surface area contributed by atoms with Crippen LogP contribution in [0, 0.1) is 0 Å². The fourth-order valence-electron chi connectivity index (χ4n) is 5.65. The molecule has 43 heavy (non-hydrogen) atoms. The zero-order valence-corrected chi connectivity index (χ0v) is 27.2. The predicted octanol–water partition coefficient (Wildman–Crippen LogP) is 9.49. The molecule has 0 saturated heterocycles. The summed E-state index contributed by atoms with van der Waals surface area (Å²) >= 11 is 0. The molecule has 0 aliphatic carbocycles. The van der Waals surface area contributed by atoms with Crippen molar-refractivity contribution < 1.29 is 14.3 Å². The third-order valence-corrected chi connectivity index (χ3v) is 8.29. The van der Waals surface area contributed by atoms with Crippen LogP contribution in [0.25, 0.3) is 0 Å². The van der Waals surface area contributed by atoms with E-state index in [4.69, 9.17) is 4.74 Å². The fraction of sp³-hybridized carbons (Fsp3) is 0.622. The molecule has 1 atom stereocenters. The highest BCUT2D eigenvalue weighted by Crippen LogP contribution is 2.24. The van der Waals surface area contributed by atoms with Gasteiger partial charge in [0.1, 0.15) is 6.61 Å². The molecular weight excluding hydrogens is 534 g/mol. The van der Waals surface area contributed by atoms with Crippen LogP contribution in [-0.4, -0.2) is 32.6 Å². The Labute approximate surface area is 262 Å². The van der Waals surface area contributed by atoms with Gasteiger partial charge >= 0.3 is 6.09 Å². The number of para-hydroxylation sites is 1. The molecule has 0 spiro atoms. The number of carbonyl (C=O) groups excluding carboxylic acids is 2. The molecule has 240 valence electrons. The molecule has 6 nitrogen and oxygen atoms in total.